The highest BCUT2D eigenvalue weighted by molar-refractivity contribution is 5.87. The van der Waals surface area contributed by atoms with Gasteiger partial charge in [-0.05, 0) is 31.2 Å². The lowest BCUT2D eigenvalue weighted by Crippen LogP contribution is -2.36. The van der Waals surface area contributed by atoms with Crippen LogP contribution in [0.3, 0.4) is 0 Å². The van der Waals surface area contributed by atoms with Crippen molar-refractivity contribution >= 4 is 11.5 Å². The number of carboxylic acids is 1. The van der Waals surface area contributed by atoms with Crippen LogP contribution in [0.25, 0.3) is 5.57 Å². The van der Waals surface area contributed by atoms with E-state index in [-0.39, 0.29) is 6.54 Å². The number of benzene rings is 2. The fraction of sp³-hybridized carbons (Fsp3) is 0.211. The summed E-state index contributed by atoms with van der Waals surface area (Å²) >= 11 is 0. The first-order chi connectivity index (χ1) is 11.1. The average molecular weight is 308 g/mol. The van der Waals surface area contributed by atoms with Crippen molar-refractivity contribution in [1.29, 1.82) is 0 Å². The predicted octanol–water partition coefficient (Wildman–Crippen LogP) is 2.30. The van der Waals surface area contributed by atoms with Crippen LogP contribution in [0, 0.1) is 0 Å². The second-order valence-electron chi connectivity index (χ2n) is 5.61. The molecule has 2 aromatic rings. The van der Waals surface area contributed by atoms with Gasteiger partial charge in [0.2, 0.25) is 0 Å². The minimum Gasteiger partial charge on any atom is -0.549 e. The van der Waals surface area contributed by atoms with E-state index >= 15 is 0 Å². The molecule has 0 N–H and O–H groups in total. The van der Waals surface area contributed by atoms with E-state index in [1.165, 1.54) is 0 Å². The molecule has 118 valence electrons. The summed E-state index contributed by atoms with van der Waals surface area (Å²) in [6, 6.07) is 15.9. The van der Waals surface area contributed by atoms with Gasteiger partial charge >= 0.3 is 0 Å². The van der Waals surface area contributed by atoms with Gasteiger partial charge in [0.25, 0.3) is 0 Å². The van der Waals surface area contributed by atoms with E-state index in [1.54, 1.807) is 11.9 Å². The zero-order valence-electron chi connectivity index (χ0n) is 13.0. The maximum atomic E-state index is 10.6. The minimum absolute atomic E-state index is 0.0561. The van der Waals surface area contributed by atoms with Gasteiger partial charge in [0, 0.05) is 24.2 Å². The molecule has 4 heteroatoms. The highest BCUT2D eigenvalue weighted by Crippen LogP contribution is 2.43. The number of fused-ring (bicyclic) bond motifs is 2. The first kappa shape index (κ1) is 15.3. The van der Waals surface area contributed by atoms with Crippen molar-refractivity contribution in [3.63, 3.8) is 0 Å². The lowest BCUT2D eigenvalue weighted by molar-refractivity contribution is -0.306. The molecule has 2 aromatic carbocycles. The molecule has 0 aliphatic carbocycles. The number of ether oxygens (including phenoxy) is 1. The highest BCUT2D eigenvalue weighted by atomic mass is 16.5. The van der Waals surface area contributed by atoms with Gasteiger partial charge in [-0.2, -0.15) is 0 Å². The van der Waals surface area contributed by atoms with Crippen molar-refractivity contribution in [2.75, 3.05) is 20.1 Å². The Bertz CT molecular complexity index is 704. The second-order valence-corrected chi connectivity index (χ2v) is 5.61. The summed E-state index contributed by atoms with van der Waals surface area (Å²) in [5, 5.41) is 10.6. The van der Waals surface area contributed by atoms with Crippen molar-refractivity contribution < 1.29 is 14.6 Å². The second kappa shape index (κ2) is 6.67. The normalized spacial score (nSPS) is 12.3. The number of carboxylic acid groups (broad SMARTS) is 1. The Balaban J connectivity index is 1.86. The summed E-state index contributed by atoms with van der Waals surface area (Å²) in [6.07, 6.45) is 2.90. The molecule has 4 nitrogen and oxygen atoms in total. The number of hydrogen-bond acceptors (Lipinski definition) is 4. The Morgan fingerprint density at radius 2 is 1.65 bits per heavy atom. The molecule has 0 saturated heterocycles. The maximum Gasteiger partial charge on any atom is 0.135 e. The highest BCUT2D eigenvalue weighted by Gasteiger charge is 2.20. The lowest BCUT2D eigenvalue weighted by atomic mass is 9.93. The molecule has 0 amide bonds. The molecule has 3 rings (SSSR count). The van der Waals surface area contributed by atoms with Crippen LogP contribution in [0.2, 0.25) is 0 Å². The van der Waals surface area contributed by atoms with Crippen molar-refractivity contribution in [1.82, 2.24) is 4.90 Å². The minimum atomic E-state index is -1.05. The molecular weight excluding hydrogens is 290 g/mol. The van der Waals surface area contributed by atoms with Crippen LogP contribution in [0.4, 0.5) is 0 Å². The molecule has 0 spiro atoms. The SMILES string of the molecule is CN(CCC=C1c2ccccc2Oc2ccccc21)CC(=O)[O-]. The smallest absolute Gasteiger partial charge is 0.135 e. The van der Waals surface area contributed by atoms with Gasteiger partial charge in [0.15, 0.2) is 0 Å². The number of para-hydroxylation sites is 2. The van der Waals surface area contributed by atoms with Crippen LogP contribution >= 0.6 is 0 Å². The van der Waals surface area contributed by atoms with E-state index < -0.39 is 5.97 Å². The largest absolute Gasteiger partial charge is 0.549 e. The Labute approximate surface area is 135 Å². The van der Waals surface area contributed by atoms with Crippen LogP contribution in [-0.4, -0.2) is 31.0 Å². The molecular formula is C19H18NO3-. The summed E-state index contributed by atoms with van der Waals surface area (Å²) in [4.78, 5) is 12.4. The summed E-state index contributed by atoms with van der Waals surface area (Å²) in [6.45, 7) is 0.599. The van der Waals surface area contributed by atoms with E-state index in [1.807, 2.05) is 48.5 Å². The predicted molar refractivity (Wildman–Crippen MR) is 87.2 cm³/mol. The van der Waals surface area contributed by atoms with E-state index in [4.69, 9.17) is 4.74 Å². The molecule has 0 atom stereocenters. The number of aliphatic carboxylic acids is 1. The third-order valence-electron chi connectivity index (χ3n) is 3.83. The van der Waals surface area contributed by atoms with Crippen molar-refractivity contribution in [3.05, 3.63) is 65.7 Å². The topological polar surface area (TPSA) is 52.6 Å². The Morgan fingerprint density at radius 1 is 1.09 bits per heavy atom. The monoisotopic (exact) mass is 308 g/mol. The van der Waals surface area contributed by atoms with Gasteiger partial charge in [0.05, 0.1) is 5.97 Å². The van der Waals surface area contributed by atoms with E-state index in [0.717, 1.165) is 34.6 Å². The molecule has 0 aromatic heterocycles. The van der Waals surface area contributed by atoms with Crippen LogP contribution < -0.4 is 9.84 Å². The fourth-order valence-corrected chi connectivity index (χ4v) is 2.77. The van der Waals surface area contributed by atoms with Crippen LogP contribution in [0.1, 0.15) is 17.5 Å². The number of nitrogens with zero attached hydrogens (tertiary/aromatic N) is 1. The fourth-order valence-electron chi connectivity index (χ4n) is 2.77. The van der Waals surface area contributed by atoms with Gasteiger partial charge in [0.1, 0.15) is 11.5 Å². The third kappa shape index (κ3) is 3.43. The van der Waals surface area contributed by atoms with Crippen LogP contribution in [0.5, 0.6) is 11.5 Å². The first-order valence-corrected chi connectivity index (χ1v) is 7.60. The molecule has 0 unspecified atom stereocenters. The summed E-state index contributed by atoms with van der Waals surface area (Å²) in [7, 11) is 1.78. The molecule has 0 radical (unpaired) electrons. The number of rotatable bonds is 5. The Hall–Kier alpha value is -2.59. The average Bonchev–Trinajstić information content (AvgIpc) is 2.53. The zero-order valence-corrected chi connectivity index (χ0v) is 13.0. The van der Waals surface area contributed by atoms with Crippen molar-refractivity contribution in [3.8, 4) is 11.5 Å². The standard InChI is InChI=1S/C19H19NO3/c1-20(13-19(21)22)12-6-9-14-15-7-2-4-10-17(15)23-18-11-5-3-8-16(14)18/h2-5,7-11H,6,12-13H2,1H3,(H,21,22)/p-1. The molecule has 1 aliphatic rings. The van der Waals surface area contributed by atoms with Crippen LogP contribution in [0.15, 0.2) is 54.6 Å². The zero-order chi connectivity index (χ0) is 16.2. The van der Waals surface area contributed by atoms with Gasteiger partial charge in [-0.3, -0.25) is 0 Å². The van der Waals surface area contributed by atoms with Crippen LogP contribution in [-0.2, 0) is 4.79 Å². The summed E-state index contributed by atoms with van der Waals surface area (Å²) in [5.41, 5.74) is 3.26. The quantitative estimate of drug-likeness (QED) is 0.726. The molecule has 1 aliphatic heterocycles. The van der Waals surface area contributed by atoms with Gasteiger partial charge in [-0.15, -0.1) is 0 Å². The van der Waals surface area contributed by atoms with Crippen molar-refractivity contribution in [2.24, 2.45) is 0 Å². The third-order valence-corrected chi connectivity index (χ3v) is 3.83. The van der Waals surface area contributed by atoms with Gasteiger partial charge in [-0.1, -0.05) is 42.5 Å². The number of carbonyl (C=O) groups is 1. The molecule has 1 heterocycles. The summed E-state index contributed by atoms with van der Waals surface area (Å²) < 4.78 is 5.95. The Morgan fingerprint density at radius 3 is 2.22 bits per heavy atom. The number of carbonyl (C=O) groups excluding carboxylic acids is 1. The maximum absolute atomic E-state index is 10.6. The van der Waals surface area contributed by atoms with Gasteiger partial charge in [-0.25, -0.2) is 0 Å². The number of hydrogen-bond donors (Lipinski definition) is 0. The molecule has 0 saturated carbocycles. The van der Waals surface area contributed by atoms with E-state index in [9.17, 15) is 9.90 Å². The lowest BCUT2D eigenvalue weighted by Gasteiger charge is -2.23. The van der Waals surface area contributed by atoms with Gasteiger partial charge < -0.3 is 19.5 Å². The van der Waals surface area contributed by atoms with E-state index in [2.05, 4.69) is 6.08 Å². The molecule has 0 fully saturated rings. The van der Waals surface area contributed by atoms with Crippen molar-refractivity contribution in [2.45, 2.75) is 6.42 Å². The molecule has 23 heavy (non-hydrogen) atoms. The molecule has 0 bridgehead atoms. The summed E-state index contributed by atoms with van der Waals surface area (Å²) in [5.74, 6) is 0.642. The Kier molecular flexibility index (Phi) is 4.44. The first-order valence-electron chi connectivity index (χ1n) is 7.60. The number of likely N-dealkylation sites (N-methyl/N-ethyl adjacent to an activating group) is 1. The van der Waals surface area contributed by atoms with E-state index in [0.29, 0.717) is 6.54 Å².